The van der Waals surface area contributed by atoms with Crippen molar-refractivity contribution in [3.8, 4) is 22.3 Å². The highest BCUT2D eigenvalue weighted by molar-refractivity contribution is 6.08. The second-order valence-electron chi connectivity index (χ2n) is 21.9. The summed E-state index contributed by atoms with van der Waals surface area (Å²) in [4.78, 5) is 104. The van der Waals surface area contributed by atoms with E-state index in [9.17, 15) is 69.8 Å². The van der Waals surface area contributed by atoms with Crippen molar-refractivity contribution in [3.63, 3.8) is 0 Å². The van der Waals surface area contributed by atoms with Crippen LogP contribution in [0.3, 0.4) is 0 Å². The first kappa shape index (κ1) is 74.6. The first-order chi connectivity index (χ1) is 45.4. The Bertz CT molecular complexity index is 3490. The van der Waals surface area contributed by atoms with E-state index in [1.54, 1.807) is 137 Å². The maximum atomic E-state index is 13.2. The first-order valence-electron chi connectivity index (χ1n) is 30.7. The molecule has 0 aliphatic carbocycles. The fraction of sp³-hybridized carbons (Fsp3) is 0.371. The lowest BCUT2D eigenvalue weighted by Gasteiger charge is -2.32. The number of halogens is 6. The van der Waals surface area contributed by atoms with Crippen LogP contribution in [0.25, 0.3) is 22.3 Å². The Morgan fingerprint density at radius 1 is 0.432 bits per heavy atom. The topological polar surface area (TPSA) is 254 Å². The summed E-state index contributed by atoms with van der Waals surface area (Å²) in [5.41, 5.74) is -1.87. The summed E-state index contributed by atoms with van der Waals surface area (Å²) < 4.78 is 103. The van der Waals surface area contributed by atoms with E-state index in [1.165, 1.54) is 24.3 Å². The number of carbonyl (C=O) groups excluding carboxylic acids is 7. The summed E-state index contributed by atoms with van der Waals surface area (Å²) in [7, 11) is 0. The quantitative estimate of drug-likeness (QED) is 0.0201. The molecular weight excluding hydrogens is 1250 g/mol. The highest BCUT2D eigenvalue weighted by Gasteiger charge is 2.53. The standard InChI is InChI=1S/C35H37F3N2O7.C21H21F3N2O3.C14H18O5/c1-3-45-32(43)34(33(44)46-4-2,25-10-6-5-7-11-25)23-47-30(41)22-40-20-18-27(19-21-40)39-31(42)29-13-9-8-12-28(29)24-14-16-26(17-15-24)35(36,37)38;22-21(23,24)15-7-5-14(6-8-15)17-3-1-2-4-18(17)20(29)25-16-9-11-26(12-10-16)13-19(27)28;1-3-18-12(16)14(10-15,13(17)19-4-2)11-8-6-5-7-9-11/h5-17,27H,3-4,18-23H2,1-2H3,(H,39,42);1-8,16H,9-13H2,(H,25,29)(H,27,28);5-9,15H,3-4,10H2,1-2H3. The second-order valence-corrected chi connectivity index (χ2v) is 21.9. The number of nitrogens with one attached hydrogen (secondary N) is 2. The third-order valence-corrected chi connectivity index (χ3v) is 15.7. The number of esters is 5. The van der Waals surface area contributed by atoms with E-state index in [0.29, 0.717) is 90.8 Å². The van der Waals surface area contributed by atoms with Gasteiger partial charge in [-0.25, -0.2) is 0 Å². The molecule has 8 rings (SSSR count). The Labute approximate surface area is 545 Å². The van der Waals surface area contributed by atoms with Gasteiger partial charge in [-0.2, -0.15) is 26.3 Å². The van der Waals surface area contributed by atoms with E-state index < -0.39 is 83.3 Å². The third kappa shape index (κ3) is 20.0. The molecule has 25 heteroatoms. The fourth-order valence-electron chi connectivity index (χ4n) is 10.7. The van der Waals surface area contributed by atoms with Gasteiger partial charge in [-0.1, -0.05) is 121 Å². The minimum Gasteiger partial charge on any atom is -0.480 e. The molecule has 95 heavy (non-hydrogen) atoms. The number of aliphatic hydroxyl groups is 1. The van der Waals surface area contributed by atoms with Crippen LogP contribution in [-0.2, 0) is 75.6 Å². The van der Waals surface area contributed by atoms with Crippen LogP contribution in [-0.4, -0.2) is 159 Å². The van der Waals surface area contributed by atoms with Crippen LogP contribution < -0.4 is 10.6 Å². The molecule has 4 N–H and O–H groups in total. The zero-order valence-electron chi connectivity index (χ0n) is 52.8. The van der Waals surface area contributed by atoms with E-state index >= 15 is 0 Å². The number of carbonyl (C=O) groups is 8. The monoisotopic (exact) mass is 1330 g/mol. The van der Waals surface area contributed by atoms with Crippen molar-refractivity contribution in [1.82, 2.24) is 20.4 Å². The number of carboxylic acid groups (broad SMARTS) is 1. The van der Waals surface area contributed by atoms with E-state index in [4.69, 9.17) is 28.8 Å². The molecule has 0 atom stereocenters. The van der Waals surface area contributed by atoms with Crippen molar-refractivity contribution in [3.05, 3.63) is 191 Å². The lowest BCUT2D eigenvalue weighted by Crippen LogP contribution is -2.51. The number of alkyl halides is 6. The molecule has 2 aliphatic rings. The number of aliphatic hydroxyl groups excluding tert-OH is 1. The highest BCUT2D eigenvalue weighted by atomic mass is 19.4. The van der Waals surface area contributed by atoms with Crippen molar-refractivity contribution >= 4 is 47.6 Å². The van der Waals surface area contributed by atoms with Crippen molar-refractivity contribution in [2.45, 2.75) is 88.6 Å². The van der Waals surface area contributed by atoms with Gasteiger partial charge in [0, 0.05) is 49.4 Å². The van der Waals surface area contributed by atoms with Crippen LogP contribution in [0.1, 0.15) is 96.3 Å². The molecule has 0 radical (unpaired) electrons. The number of hydrogen-bond donors (Lipinski definition) is 4. The van der Waals surface area contributed by atoms with Gasteiger partial charge >= 0.3 is 48.2 Å². The summed E-state index contributed by atoms with van der Waals surface area (Å²) in [5.74, 6) is -5.54. The minimum atomic E-state index is -4.46. The molecule has 508 valence electrons. The van der Waals surface area contributed by atoms with Crippen molar-refractivity contribution in [2.24, 2.45) is 0 Å². The number of amides is 2. The fourth-order valence-corrected chi connectivity index (χ4v) is 10.7. The summed E-state index contributed by atoms with van der Waals surface area (Å²) in [6.45, 7) is 7.39. The second kappa shape index (κ2) is 35.2. The Balaban J connectivity index is 0.000000252. The molecule has 2 aliphatic heterocycles. The number of ether oxygens (including phenoxy) is 5. The highest BCUT2D eigenvalue weighted by Crippen LogP contribution is 2.35. The van der Waals surface area contributed by atoms with Crippen molar-refractivity contribution < 1.29 is 98.6 Å². The molecule has 19 nitrogen and oxygen atoms in total. The maximum absolute atomic E-state index is 13.2. The largest absolute Gasteiger partial charge is 0.480 e. The van der Waals surface area contributed by atoms with Crippen LogP contribution in [0.4, 0.5) is 26.3 Å². The van der Waals surface area contributed by atoms with E-state index in [2.05, 4.69) is 10.6 Å². The summed E-state index contributed by atoms with van der Waals surface area (Å²) in [5, 5.41) is 24.4. The van der Waals surface area contributed by atoms with E-state index in [0.717, 1.165) is 24.3 Å². The van der Waals surface area contributed by atoms with Gasteiger partial charge in [0.05, 0.1) is 57.3 Å². The average Bonchev–Trinajstić information content (AvgIpc) is 0.804. The molecule has 0 unspecified atom stereocenters. The van der Waals surface area contributed by atoms with Gasteiger partial charge in [-0.15, -0.1) is 0 Å². The molecule has 2 amide bonds. The number of nitrogens with zero attached hydrogens (tertiary/aromatic N) is 2. The van der Waals surface area contributed by atoms with Crippen molar-refractivity contribution in [2.75, 3.05) is 78.9 Å². The summed E-state index contributed by atoms with van der Waals surface area (Å²) in [6.07, 6.45) is -6.53. The minimum absolute atomic E-state index is 0.00684. The number of carboxylic acids is 1. The summed E-state index contributed by atoms with van der Waals surface area (Å²) in [6, 6.07) is 39.0. The zero-order chi connectivity index (χ0) is 69.3. The molecule has 2 heterocycles. The normalized spacial score (nSPS) is 14.1. The van der Waals surface area contributed by atoms with E-state index in [-0.39, 0.29) is 69.0 Å². The Morgan fingerprint density at radius 2 is 0.758 bits per heavy atom. The molecule has 2 saturated heterocycles. The van der Waals surface area contributed by atoms with Crippen LogP contribution in [0, 0.1) is 0 Å². The smallest absolute Gasteiger partial charge is 0.416 e. The van der Waals surface area contributed by atoms with Gasteiger partial charge in [0.15, 0.2) is 0 Å². The molecule has 0 aromatic heterocycles. The predicted octanol–water partition coefficient (Wildman–Crippen LogP) is 9.87. The molecule has 0 spiro atoms. The number of rotatable bonds is 23. The maximum Gasteiger partial charge on any atom is 0.416 e. The average molecular weight is 1330 g/mol. The molecule has 6 aromatic rings. The SMILES string of the molecule is CCOC(=O)C(CO)(C(=O)OCC)c1ccccc1.CCOC(=O)C(COC(=O)CN1CCC(NC(=O)c2ccccc2-c2ccc(C(F)(F)F)cc2)CC1)(C(=O)OCC)c1ccccc1.O=C(O)CN1CCC(NC(=O)c2ccccc2-c2ccc(C(F)(F)F)cc2)CC1. The lowest BCUT2D eigenvalue weighted by molar-refractivity contribution is -0.171. The van der Waals surface area contributed by atoms with Gasteiger partial charge in [-0.05, 0) is 123 Å². The molecule has 2 fully saturated rings. The zero-order valence-corrected chi connectivity index (χ0v) is 52.8. The van der Waals surface area contributed by atoms with Crippen LogP contribution >= 0.6 is 0 Å². The van der Waals surface area contributed by atoms with Gasteiger partial charge in [-0.3, -0.25) is 48.2 Å². The number of piperidine rings is 2. The first-order valence-corrected chi connectivity index (χ1v) is 30.7. The Hall–Kier alpha value is -9.46. The molecule has 0 bridgehead atoms. The molecule has 6 aromatic carbocycles. The van der Waals surface area contributed by atoms with Crippen LogP contribution in [0.2, 0.25) is 0 Å². The number of likely N-dealkylation sites (tertiary alicyclic amines) is 2. The lowest BCUT2D eigenvalue weighted by atomic mass is 9.81. The Morgan fingerprint density at radius 3 is 1.09 bits per heavy atom. The number of aliphatic carboxylic acids is 1. The van der Waals surface area contributed by atoms with Gasteiger partial charge in [0.25, 0.3) is 11.8 Å². The third-order valence-electron chi connectivity index (χ3n) is 15.7. The number of hydrogen-bond acceptors (Lipinski definition) is 16. The van der Waals surface area contributed by atoms with E-state index in [1.807, 2.05) is 9.80 Å². The van der Waals surface area contributed by atoms with Crippen LogP contribution in [0.15, 0.2) is 158 Å². The van der Waals surface area contributed by atoms with Crippen LogP contribution in [0.5, 0.6) is 0 Å². The summed E-state index contributed by atoms with van der Waals surface area (Å²) >= 11 is 0. The molecular formula is C70H76F6N4O15. The van der Waals surface area contributed by atoms with Gasteiger partial charge in [0.1, 0.15) is 6.61 Å². The Kier molecular flexibility index (Phi) is 27.6. The van der Waals surface area contributed by atoms with Gasteiger partial charge in [0.2, 0.25) is 10.8 Å². The van der Waals surface area contributed by atoms with Crippen molar-refractivity contribution in [1.29, 1.82) is 0 Å². The predicted molar refractivity (Wildman–Crippen MR) is 336 cm³/mol. The number of benzene rings is 6. The van der Waals surface area contributed by atoms with Gasteiger partial charge < -0.3 is 44.5 Å². The molecule has 0 saturated carbocycles.